The molecule has 1 aromatic carbocycles. The summed E-state index contributed by atoms with van der Waals surface area (Å²) in [5.74, 6) is 1.05. The van der Waals surface area contributed by atoms with Crippen molar-refractivity contribution in [1.82, 2.24) is 14.9 Å². The van der Waals surface area contributed by atoms with E-state index in [0.717, 1.165) is 67.2 Å². The minimum Gasteiger partial charge on any atom is -0.372 e. The second-order valence-corrected chi connectivity index (χ2v) is 9.34. The zero-order chi connectivity index (χ0) is 22.7. The summed E-state index contributed by atoms with van der Waals surface area (Å²) in [6.45, 7) is 15.0. The van der Waals surface area contributed by atoms with E-state index in [9.17, 15) is 0 Å². The Morgan fingerprint density at radius 1 is 1.03 bits per heavy atom. The van der Waals surface area contributed by atoms with Gasteiger partial charge in [0.25, 0.3) is 0 Å². The summed E-state index contributed by atoms with van der Waals surface area (Å²) in [6, 6.07) is 8.76. The maximum absolute atomic E-state index is 4.84. The molecule has 3 aromatic rings. The first-order valence-corrected chi connectivity index (χ1v) is 12.3. The molecule has 7 heteroatoms. The smallest absolute Gasteiger partial charge is 0.187 e. The Kier molecular flexibility index (Phi) is 6.96. The first-order chi connectivity index (χ1) is 15.5. The molecule has 1 aliphatic heterocycles. The zero-order valence-electron chi connectivity index (χ0n) is 19.9. The number of nitrogens with zero attached hydrogens (tertiary/aromatic N) is 5. The molecule has 1 fully saturated rings. The van der Waals surface area contributed by atoms with Crippen LogP contribution in [0, 0.1) is 13.8 Å². The van der Waals surface area contributed by atoms with Crippen molar-refractivity contribution in [1.29, 1.82) is 0 Å². The first-order valence-electron chi connectivity index (χ1n) is 11.5. The van der Waals surface area contributed by atoms with Gasteiger partial charge in [-0.2, -0.15) is 0 Å². The fraction of sp³-hybridized carbons (Fsp3) is 0.440. The van der Waals surface area contributed by atoms with Crippen LogP contribution in [0.1, 0.15) is 25.0 Å². The number of aryl methyl sites for hydroxylation is 2. The van der Waals surface area contributed by atoms with Crippen LogP contribution in [0.3, 0.4) is 0 Å². The standard InChI is InChI=1S/C25H34N6S/c1-6-30(7-2)23-15-21(18(3)14-19(23)4)27-25-28-22(17-32-25)20-8-9-24(26-16-20)31-12-10-29(5)11-13-31/h8-9,14-17H,6-7,10-13H2,1-5H3,(H,27,28). The monoisotopic (exact) mass is 450 g/mol. The van der Waals surface area contributed by atoms with Crippen LogP contribution in [-0.4, -0.2) is 61.2 Å². The van der Waals surface area contributed by atoms with E-state index < -0.39 is 0 Å². The number of thiazole rings is 1. The lowest BCUT2D eigenvalue weighted by Crippen LogP contribution is -2.44. The Labute approximate surface area is 195 Å². The molecule has 0 unspecified atom stereocenters. The van der Waals surface area contributed by atoms with Gasteiger partial charge in [0, 0.05) is 67.8 Å². The molecule has 4 rings (SSSR count). The molecule has 0 atom stereocenters. The van der Waals surface area contributed by atoms with Crippen LogP contribution >= 0.6 is 11.3 Å². The van der Waals surface area contributed by atoms with Crippen LogP contribution in [0.2, 0.25) is 0 Å². The highest BCUT2D eigenvalue weighted by Gasteiger charge is 2.16. The number of nitrogens with one attached hydrogen (secondary N) is 1. The van der Waals surface area contributed by atoms with Crippen molar-refractivity contribution in [3.63, 3.8) is 0 Å². The second kappa shape index (κ2) is 9.88. The Morgan fingerprint density at radius 2 is 1.78 bits per heavy atom. The van der Waals surface area contributed by atoms with Gasteiger partial charge in [0.15, 0.2) is 5.13 Å². The molecule has 0 radical (unpaired) electrons. The van der Waals surface area contributed by atoms with Crippen molar-refractivity contribution >= 4 is 33.7 Å². The Bertz CT molecular complexity index is 1030. The average Bonchev–Trinajstić information content (AvgIpc) is 3.27. The zero-order valence-corrected chi connectivity index (χ0v) is 20.7. The number of hydrogen-bond donors (Lipinski definition) is 1. The third-order valence-electron chi connectivity index (χ3n) is 6.26. The van der Waals surface area contributed by atoms with Crippen molar-refractivity contribution in [2.45, 2.75) is 27.7 Å². The Morgan fingerprint density at radius 3 is 2.44 bits per heavy atom. The van der Waals surface area contributed by atoms with Crippen LogP contribution in [0.4, 0.5) is 22.3 Å². The summed E-state index contributed by atoms with van der Waals surface area (Å²) in [5, 5.41) is 6.55. The first kappa shape index (κ1) is 22.6. The summed E-state index contributed by atoms with van der Waals surface area (Å²) in [4.78, 5) is 16.7. The number of hydrogen-bond acceptors (Lipinski definition) is 7. The molecule has 1 N–H and O–H groups in total. The number of pyridine rings is 1. The van der Waals surface area contributed by atoms with Gasteiger partial charge in [-0.3, -0.25) is 0 Å². The van der Waals surface area contributed by atoms with Gasteiger partial charge >= 0.3 is 0 Å². The number of aromatic nitrogens is 2. The van der Waals surface area contributed by atoms with Gasteiger partial charge in [-0.1, -0.05) is 6.07 Å². The molecular weight excluding hydrogens is 416 g/mol. The lowest BCUT2D eigenvalue weighted by atomic mass is 10.1. The highest BCUT2D eigenvalue weighted by molar-refractivity contribution is 7.14. The third kappa shape index (κ3) is 4.89. The quantitative estimate of drug-likeness (QED) is 0.536. The summed E-state index contributed by atoms with van der Waals surface area (Å²) in [5.41, 5.74) is 6.95. The largest absolute Gasteiger partial charge is 0.372 e. The fourth-order valence-corrected chi connectivity index (χ4v) is 4.95. The fourth-order valence-electron chi connectivity index (χ4n) is 4.22. The highest BCUT2D eigenvalue weighted by Crippen LogP contribution is 2.32. The van der Waals surface area contributed by atoms with Gasteiger partial charge in [-0.25, -0.2) is 9.97 Å². The molecule has 0 saturated carbocycles. The minimum atomic E-state index is 0.903. The number of rotatable bonds is 7. The minimum absolute atomic E-state index is 0.903. The van der Waals surface area contributed by atoms with Crippen molar-refractivity contribution in [2.24, 2.45) is 0 Å². The topological polar surface area (TPSA) is 47.5 Å². The maximum atomic E-state index is 4.84. The lowest BCUT2D eigenvalue weighted by Gasteiger charge is -2.33. The van der Waals surface area contributed by atoms with Gasteiger partial charge in [-0.05, 0) is 64.1 Å². The van der Waals surface area contributed by atoms with E-state index in [-0.39, 0.29) is 0 Å². The van der Waals surface area contributed by atoms with Crippen molar-refractivity contribution in [2.75, 3.05) is 61.4 Å². The van der Waals surface area contributed by atoms with Crippen LogP contribution < -0.4 is 15.1 Å². The van der Waals surface area contributed by atoms with Crippen LogP contribution in [0.25, 0.3) is 11.3 Å². The summed E-state index contributed by atoms with van der Waals surface area (Å²) in [6.07, 6.45) is 1.95. The summed E-state index contributed by atoms with van der Waals surface area (Å²) in [7, 11) is 2.17. The molecule has 170 valence electrons. The lowest BCUT2D eigenvalue weighted by molar-refractivity contribution is 0.312. The van der Waals surface area contributed by atoms with Crippen molar-refractivity contribution in [3.8, 4) is 11.3 Å². The number of likely N-dealkylation sites (N-methyl/N-ethyl adjacent to an activating group) is 1. The van der Waals surface area contributed by atoms with Crippen LogP contribution in [0.15, 0.2) is 35.8 Å². The van der Waals surface area contributed by atoms with E-state index in [1.807, 2.05) is 6.20 Å². The molecule has 1 aliphatic rings. The number of anilines is 4. The van der Waals surface area contributed by atoms with Crippen molar-refractivity contribution in [3.05, 3.63) is 47.0 Å². The van der Waals surface area contributed by atoms with Gasteiger partial charge in [0.1, 0.15) is 5.82 Å². The van der Waals surface area contributed by atoms with E-state index in [1.54, 1.807) is 11.3 Å². The molecule has 32 heavy (non-hydrogen) atoms. The molecule has 6 nitrogen and oxygen atoms in total. The Hall–Kier alpha value is -2.64. The highest BCUT2D eigenvalue weighted by atomic mass is 32.1. The molecule has 0 amide bonds. The van der Waals surface area contributed by atoms with E-state index in [0.29, 0.717) is 0 Å². The third-order valence-corrected chi connectivity index (χ3v) is 7.02. The van der Waals surface area contributed by atoms with E-state index >= 15 is 0 Å². The van der Waals surface area contributed by atoms with Gasteiger partial charge in [0.05, 0.1) is 5.69 Å². The van der Waals surface area contributed by atoms with E-state index in [1.165, 1.54) is 16.8 Å². The molecule has 2 aromatic heterocycles. The molecule has 0 bridgehead atoms. The second-order valence-electron chi connectivity index (χ2n) is 8.48. The SMILES string of the molecule is CCN(CC)c1cc(Nc2nc(-c3ccc(N4CCN(C)CC4)nc3)cs2)c(C)cc1C. The van der Waals surface area contributed by atoms with Gasteiger partial charge < -0.3 is 20.0 Å². The summed E-state index contributed by atoms with van der Waals surface area (Å²) < 4.78 is 0. The van der Waals surface area contributed by atoms with Gasteiger partial charge in [0.2, 0.25) is 0 Å². The van der Waals surface area contributed by atoms with Crippen LogP contribution in [-0.2, 0) is 0 Å². The molecule has 0 spiro atoms. The van der Waals surface area contributed by atoms with E-state index in [4.69, 9.17) is 9.97 Å². The Balaban J connectivity index is 1.49. The summed E-state index contributed by atoms with van der Waals surface area (Å²) >= 11 is 1.63. The predicted molar refractivity (Wildman–Crippen MR) is 138 cm³/mol. The van der Waals surface area contributed by atoms with Crippen molar-refractivity contribution < 1.29 is 0 Å². The van der Waals surface area contributed by atoms with Gasteiger partial charge in [-0.15, -0.1) is 11.3 Å². The number of piperazine rings is 1. The van der Waals surface area contributed by atoms with E-state index in [2.05, 4.69) is 84.4 Å². The molecule has 1 saturated heterocycles. The molecule has 0 aliphatic carbocycles. The number of benzene rings is 1. The molecule has 3 heterocycles. The normalized spacial score (nSPS) is 14.6. The molecular formula is C25H34N6S. The maximum Gasteiger partial charge on any atom is 0.187 e. The predicted octanol–water partition coefficient (Wildman–Crippen LogP) is 5.16. The van der Waals surface area contributed by atoms with Crippen LogP contribution in [0.5, 0.6) is 0 Å². The average molecular weight is 451 g/mol.